The highest BCUT2D eigenvalue weighted by atomic mass is 19.2. The molecule has 2 aromatic heterocycles. The van der Waals surface area contributed by atoms with Gasteiger partial charge in [-0.1, -0.05) is 0 Å². The van der Waals surface area contributed by atoms with Crippen LogP contribution in [0, 0.1) is 0 Å². The summed E-state index contributed by atoms with van der Waals surface area (Å²) in [6.07, 6.45) is -1.47. The van der Waals surface area contributed by atoms with Crippen molar-refractivity contribution in [3.63, 3.8) is 0 Å². The van der Waals surface area contributed by atoms with Crippen LogP contribution >= 0.6 is 0 Å². The van der Waals surface area contributed by atoms with Gasteiger partial charge >= 0.3 is 0 Å². The van der Waals surface area contributed by atoms with E-state index in [4.69, 9.17) is 5.11 Å². The summed E-state index contributed by atoms with van der Waals surface area (Å²) >= 11 is 0. The van der Waals surface area contributed by atoms with Crippen LogP contribution in [0.4, 0.5) is 8.78 Å². The molecule has 17 heavy (non-hydrogen) atoms. The van der Waals surface area contributed by atoms with Crippen LogP contribution in [-0.2, 0) is 6.54 Å². The fraction of sp³-hybridized carbons (Fsp3) is 0.444. The summed E-state index contributed by atoms with van der Waals surface area (Å²) in [5, 5.41) is 8.48. The van der Waals surface area contributed by atoms with Gasteiger partial charge in [0.05, 0.1) is 25.8 Å². The van der Waals surface area contributed by atoms with Crippen molar-refractivity contribution in [1.29, 1.82) is 0 Å². The Morgan fingerprint density at radius 1 is 1.41 bits per heavy atom. The van der Waals surface area contributed by atoms with E-state index in [-0.39, 0.29) is 17.7 Å². The Morgan fingerprint density at radius 2 is 2.18 bits per heavy atom. The summed E-state index contributed by atoms with van der Waals surface area (Å²) in [5.74, 6) is 0. The number of aromatic amines is 1. The number of nitrogens with zero attached hydrogens (tertiary/aromatic N) is 3. The van der Waals surface area contributed by atoms with E-state index in [0.29, 0.717) is 0 Å². The Morgan fingerprint density at radius 3 is 2.88 bits per heavy atom. The van der Waals surface area contributed by atoms with E-state index in [1.54, 1.807) is 0 Å². The Labute approximate surface area is 93.9 Å². The van der Waals surface area contributed by atoms with Crippen molar-refractivity contribution in [2.24, 2.45) is 0 Å². The van der Waals surface area contributed by atoms with E-state index in [2.05, 4.69) is 15.0 Å². The molecule has 0 unspecified atom stereocenters. The molecule has 0 fully saturated rings. The molecule has 0 saturated heterocycles. The highest BCUT2D eigenvalue weighted by Crippen LogP contribution is 2.10. The summed E-state index contributed by atoms with van der Waals surface area (Å²) in [6, 6.07) is 0. The van der Waals surface area contributed by atoms with E-state index < -0.39 is 24.5 Å². The number of H-pyrrole nitrogens is 1. The number of halogens is 2. The van der Waals surface area contributed by atoms with E-state index in [0.717, 1.165) is 6.33 Å². The molecule has 0 amide bonds. The van der Waals surface area contributed by atoms with E-state index in [9.17, 15) is 13.6 Å². The van der Waals surface area contributed by atoms with Gasteiger partial charge in [0.1, 0.15) is 0 Å². The normalized spacial score (nSPS) is 15.0. The number of aliphatic hydroxyl groups is 1. The quantitative estimate of drug-likeness (QED) is 0.779. The summed E-state index contributed by atoms with van der Waals surface area (Å²) < 4.78 is 27.4. The molecular formula is C9H10F2N4O2. The van der Waals surface area contributed by atoms with Crippen LogP contribution in [0.25, 0.3) is 11.2 Å². The Balaban J connectivity index is 2.31. The highest BCUT2D eigenvalue weighted by Gasteiger charge is 2.21. The maximum absolute atomic E-state index is 13.3. The standard InChI is InChI=1S/C9H10F2N4O2/c10-5(6(11)2-16)1-15-4-14-7-8(15)12-3-13-9(7)17/h3-6,16H,1-2H2,(H,12,13,17)/t5-,6-/m1/s1. The number of rotatable bonds is 4. The lowest BCUT2D eigenvalue weighted by Gasteiger charge is -2.11. The minimum atomic E-state index is -1.96. The van der Waals surface area contributed by atoms with Crippen LogP contribution in [0.3, 0.4) is 0 Å². The molecule has 8 heteroatoms. The fourth-order valence-corrected chi connectivity index (χ4v) is 1.44. The van der Waals surface area contributed by atoms with Crippen LogP contribution < -0.4 is 5.56 Å². The van der Waals surface area contributed by atoms with Gasteiger partial charge in [-0.3, -0.25) is 4.79 Å². The maximum Gasteiger partial charge on any atom is 0.278 e. The number of nitrogens with one attached hydrogen (secondary N) is 1. The largest absolute Gasteiger partial charge is 0.393 e. The Kier molecular flexibility index (Phi) is 3.14. The summed E-state index contributed by atoms with van der Waals surface area (Å²) in [7, 11) is 0. The zero-order valence-electron chi connectivity index (χ0n) is 8.68. The van der Waals surface area contributed by atoms with Gasteiger partial charge in [0.2, 0.25) is 0 Å². The predicted molar refractivity (Wildman–Crippen MR) is 55.0 cm³/mol. The first-order chi connectivity index (χ1) is 8.13. The third kappa shape index (κ3) is 2.16. The zero-order chi connectivity index (χ0) is 12.4. The monoisotopic (exact) mass is 244 g/mol. The lowest BCUT2D eigenvalue weighted by atomic mass is 10.2. The number of fused-ring (bicyclic) bond motifs is 1. The first-order valence-corrected chi connectivity index (χ1v) is 4.91. The third-order valence-electron chi connectivity index (χ3n) is 2.35. The SMILES string of the molecule is O=c1[nH]cnc2c1ncn2C[C@@H](F)[C@H](F)CO. The topological polar surface area (TPSA) is 83.8 Å². The molecule has 0 aromatic carbocycles. The molecule has 2 N–H and O–H groups in total. The van der Waals surface area contributed by atoms with Gasteiger partial charge < -0.3 is 14.7 Å². The molecule has 2 aromatic rings. The number of alkyl halides is 2. The molecule has 0 radical (unpaired) electrons. The van der Waals surface area contributed by atoms with Crippen molar-refractivity contribution in [1.82, 2.24) is 19.5 Å². The first kappa shape index (κ1) is 11.6. The first-order valence-electron chi connectivity index (χ1n) is 4.91. The van der Waals surface area contributed by atoms with Crippen LogP contribution in [0.15, 0.2) is 17.4 Å². The smallest absolute Gasteiger partial charge is 0.278 e. The number of aliphatic hydroxyl groups excluding tert-OH is 1. The molecule has 0 bridgehead atoms. The van der Waals surface area contributed by atoms with Crippen LogP contribution in [0.1, 0.15) is 0 Å². The van der Waals surface area contributed by atoms with Crippen LogP contribution in [0.2, 0.25) is 0 Å². The van der Waals surface area contributed by atoms with Crippen molar-refractivity contribution in [3.05, 3.63) is 23.0 Å². The Hall–Kier alpha value is -1.83. The molecule has 0 aliphatic carbocycles. The van der Waals surface area contributed by atoms with E-state index in [1.807, 2.05) is 0 Å². The maximum atomic E-state index is 13.3. The fourth-order valence-electron chi connectivity index (χ4n) is 1.44. The van der Waals surface area contributed by atoms with Gasteiger partial charge in [0, 0.05) is 0 Å². The van der Waals surface area contributed by atoms with Gasteiger partial charge in [0.15, 0.2) is 23.5 Å². The molecule has 0 saturated carbocycles. The van der Waals surface area contributed by atoms with Crippen LogP contribution in [0.5, 0.6) is 0 Å². The van der Waals surface area contributed by atoms with Gasteiger partial charge in [0.25, 0.3) is 5.56 Å². The second kappa shape index (κ2) is 4.58. The summed E-state index contributed by atoms with van der Waals surface area (Å²) in [6.45, 7) is -1.24. The molecule has 0 aliphatic rings. The number of aromatic nitrogens is 4. The van der Waals surface area contributed by atoms with Gasteiger partial charge in [-0.2, -0.15) is 0 Å². The van der Waals surface area contributed by atoms with Gasteiger partial charge in [-0.25, -0.2) is 18.7 Å². The Bertz CT molecular complexity index is 567. The molecule has 2 heterocycles. The molecular weight excluding hydrogens is 234 g/mol. The average Bonchev–Trinajstić information content (AvgIpc) is 2.73. The van der Waals surface area contributed by atoms with Gasteiger partial charge in [-0.15, -0.1) is 0 Å². The van der Waals surface area contributed by atoms with Crippen molar-refractivity contribution in [2.75, 3.05) is 6.61 Å². The molecule has 0 aliphatic heterocycles. The number of imidazole rings is 1. The molecule has 6 nitrogen and oxygen atoms in total. The minimum absolute atomic E-state index is 0.0686. The molecule has 0 spiro atoms. The second-order valence-electron chi connectivity index (χ2n) is 3.52. The molecule has 2 rings (SSSR count). The average molecular weight is 244 g/mol. The third-order valence-corrected chi connectivity index (χ3v) is 2.35. The van der Waals surface area contributed by atoms with Crippen molar-refractivity contribution < 1.29 is 13.9 Å². The zero-order valence-corrected chi connectivity index (χ0v) is 8.68. The van der Waals surface area contributed by atoms with Gasteiger partial charge in [-0.05, 0) is 0 Å². The van der Waals surface area contributed by atoms with Crippen molar-refractivity contribution in [3.8, 4) is 0 Å². The molecule has 2 atom stereocenters. The number of hydrogen-bond acceptors (Lipinski definition) is 4. The highest BCUT2D eigenvalue weighted by molar-refractivity contribution is 5.68. The summed E-state index contributed by atoms with van der Waals surface area (Å²) in [4.78, 5) is 21.2. The lowest BCUT2D eigenvalue weighted by Crippen LogP contribution is -2.26. The minimum Gasteiger partial charge on any atom is -0.393 e. The number of hydrogen-bond donors (Lipinski definition) is 2. The van der Waals surface area contributed by atoms with Crippen molar-refractivity contribution in [2.45, 2.75) is 18.9 Å². The predicted octanol–water partition coefficient (Wildman–Crippen LogP) is -0.212. The molecule has 92 valence electrons. The van der Waals surface area contributed by atoms with Crippen LogP contribution in [-0.4, -0.2) is 43.6 Å². The lowest BCUT2D eigenvalue weighted by molar-refractivity contribution is 0.0884. The summed E-state index contributed by atoms with van der Waals surface area (Å²) in [5.41, 5.74) is -0.191. The second-order valence-corrected chi connectivity index (χ2v) is 3.52. The van der Waals surface area contributed by atoms with E-state index >= 15 is 0 Å². The van der Waals surface area contributed by atoms with E-state index in [1.165, 1.54) is 10.9 Å². The van der Waals surface area contributed by atoms with Crippen molar-refractivity contribution >= 4 is 11.2 Å².